The average molecular weight is 168 g/mol. The van der Waals surface area contributed by atoms with Gasteiger partial charge in [0.1, 0.15) is 0 Å². The zero-order chi connectivity index (χ0) is 8.81. The van der Waals surface area contributed by atoms with Crippen LogP contribution in [-0.4, -0.2) is 18.7 Å². The van der Waals surface area contributed by atoms with E-state index < -0.39 is 0 Å². The largest absolute Gasteiger partial charge is 0.370 e. The molecule has 3 nitrogen and oxygen atoms in total. The summed E-state index contributed by atoms with van der Waals surface area (Å²) < 4.78 is 0. The summed E-state index contributed by atoms with van der Waals surface area (Å²) in [7, 11) is 0. The molecule has 0 aromatic rings. The fourth-order valence-corrected chi connectivity index (χ4v) is 1.45. The molecular weight excluding hydrogens is 152 g/mol. The lowest BCUT2D eigenvalue weighted by Gasteiger charge is -2.06. The Hall–Kier alpha value is -0.860. The molecule has 0 fully saturated rings. The normalized spacial score (nSPS) is 23.5. The first-order valence-electron chi connectivity index (χ1n) is 4.57. The molecule has 1 rings (SSSR count). The molecule has 1 heterocycles. The summed E-state index contributed by atoms with van der Waals surface area (Å²) in [6, 6.07) is 0. The summed E-state index contributed by atoms with van der Waals surface area (Å²) in [5.74, 6) is 0.285. The van der Waals surface area contributed by atoms with Crippen molar-refractivity contribution in [2.75, 3.05) is 6.54 Å². The van der Waals surface area contributed by atoms with Crippen LogP contribution >= 0.6 is 0 Å². The number of nitrogens with zero attached hydrogens (tertiary/aromatic N) is 1. The Labute approximate surface area is 73.0 Å². The fourth-order valence-electron chi connectivity index (χ4n) is 1.45. The number of aliphatic imine (C=N–C) groups is 1. The highest BCUT2D eigenvalue weighted by molar-refractivity contribution is 5.74. The number of primary amides is 1. The molecule has 0 aliphatic carbocycles. The monoisotopic (exact) mass is 168 g/mol. The fraction of sp³-hybridized carbons (Fsp3) is 0.778. The molecule has 1 aliphatic rings. The van der Waals surface area contributed by atoms with E-state index in [2.05, 4.69) is 4.99 Å². The minimum absolute atomic E-state index is 0.201. The highest BCUT2D eigenvalue weighted by Crippen LogP contribution is 2.15. The first-order chi connectivity index (χ1) is 5.79. The smallest absolute Gasteiger partial charge is 0.217 e. The van der Waals surface area contributed by atoms with Gasteiger partial charge < -0.3 is 5.73 Å². The van der Waals surface area contributed by atoms with E-state index in [-0.39, 0.29) is 5.91 Å². The van der Waals surface area contributed by atoms with Gasteiger partial charge in [-0.1, -0.05) is 6.42 Å². The van der Waals surface area contributed by atoms with Crippen LogP contribution in [0.5, 0.6) is 0 Å². The van der Waals surface area contributed by atoms with Gasteiger partial charge in [-0.05, 0) is 25.2 Å². The van der Waals surface area contributed by atoms with Crippen molar-refractivity contribution < 1.29 is 4.79 Å². The Balaban J connectivity index is 2.25. The maximum atomic E-state index is 10.5. The van der Waals surface area contributed by atoms with E-state index in [1.54, 1.807) is 0 Å². The van der Waals surface area contributed by atoms with Crippen LogP contribution in [0.25, 0.3) is 0 Å². The molecule has 0 spiro atoms. The van der Waals surface area contributed by atoms with Crippen molar-refractivity contribution in [2.24, 2.45) is 16.6 Å². The SMILES string of the molecule is NC(=O)CCC1C=NCCCC1. The van der Waals surface area contributed by atoms with Crippen LogP contribution in [0.1, 0.15) is 32.1 Å². The number of hydrogen-bond acceptors (Lipinski definition) is 2. The molecule has 68 valence electrons. The molecule has 0 bridgehead atoms. The van der Waals surface area contributed by atoms with E-state index in [1.807, 2.05) is 6.21 Å². The number of carbonyl (C=O) groups is 1. The summed E-state index contributed by atoms with van der Waals surface area (Å²) in [5, 5.41) is 0. The molecule has 12 heavy (non-hydrogen) atoms. The second-order valence-corrected chi connectivity index (χ2v) is 3.32. The van der Waals surface area contributed by atoms with Crippen molar-refractivity contribution >= 4 is 12.1 Å². The Kier molecular flexibility index (Phi) is 3.77. The molecule has 0 aromatic heterocycles. The lowest BCUT2D eigenvalue weighted by atomic mass is 9.99. The van der Waals surface area contributed by atoms with Gasteiger partial charge >= 0.3 is 0 Å². The van der Waals surface area contributed by atoms with Gasteiger partial charge in [0, 0.05) is 19.2 Å². The van der Waals surface area contributed by atoms with Crippen molar-refractivity contribution in [3.63, 3.8) is 0 Å². The third kappa shape index (κ3) is 3.51. The number of amides is 1. The van der Waals surface area contributed by atoms with E-state index in [1.165, 1.54) is 12.8 Å². The topological polar surface area (TPSA) is 55.5 Å². The average Bonchev–Trinajstić information content (AvgIpc) is 2.28. The van der Waals surface area contributed by atoms with Gasteiger partial charge in [0.15, 0.2) is 0 Å². The molecule has 0 radical (unpaired) electrons. The molecule has 0 aromatic carbocycles. The number of nitrogens with two attached hydrogens (primary N) is 1. The Bertz CT molecular complexity index is 177. The Morgan fingerprint density at radius 1 is 1.58 bits per heavy atom. The minimum Gasteiger partial charge on any atom is -0.370 e. The first-order valence-corrected chi connectivity index (χ1v) is 4.57. The van der Waals surface area contributed by atoms with Crippen LogP contribution in [0, 0.1) is 5.92 Å². The molecule has 0 saturated heterocycles. The summed E-state index contributed by atoms with van der Waals surface area (Å²) in [4.78, 5) is 14.8. The lowest BCUT2D eigenvalue weighted by molar-refractivity contribution is -0.118. The molecule has 1 aliphatic heterocycles. The zero-order valence-corrected chi connectivity index (χ0v) is 7.33. The summed E-state index contributed by atoms with van der Waals surface area (Å²) in [6.45, 7) is 0.951. The maximum Gasteiger partial charge on any atom is 0.217 e. The summed E-state index contributed by atoms with van der Waals surface area (Å²) >= 11 is 0. The van der Waals surface area contributed by atoms with E-state index in [9.17, 15) is 4.79 Å². The van der Waals surface area contributed by atoms with E-state index in [0.29, 0.717) is 12.3 Å². The number of carbonyl (C=O) groups excluding carboxylic acids is 1. The van der Waals surface area contributed by atoms with Crippen molar-refractivity contribution in [3.8, 4) is 0 Å². The van der Waals surface area contributed by atoms with Gasteiger partial charge in [-0.15, -0.1) is 0 Å². The van der Waals surface area contributed by atoms with Crippen LogP contribution in [-0.2, 0) is 4.79 Å². The highest BCUT2D eigenvalue weighted by Gasteiger charge is 2.09. The second-order valence-electron chi connectivity index (χ2n) is 3.32. The molecule has 0 saturated carbocycles. The summed E-state index contributed by atoms with van der Waals surface area (Å²) in [5.41, 5.74) is 5.07. The van der Waals surface area contributed by atoms with Crippen molar-refractivity contribution in [3.05, 3.63) is 0 Å². The van der Waals surface area contributed by atoms with E-state index >= 15 is 0 Å². The van der Waals surface area contributed by atoms with Crippen LogP contribution in [0.15, 0.2) is 4.99 Å². The maximum absolute atomic E-state index is 10.5. The molecule has 1 amide bonds. The van der Waals surface area contributed by atoms with Gasteiger partial charge in [0.2, 0.25) is 5.91 Å². The van der Waals surface area contributed by atoms with Crippen LogP contribution in [0.4, 0.5) is 0 Å². The molecule has 1 unspecified atom stereocenters. The highest BCUT2D eigenvalue weighted by atomic mass is 16.1. The van der Waals surface area contributed by atoms with Crippen molar-refractivity contribution in [2.45, 2.75) is 32.1 Å². The van der Waals surface area contributed by atoms with Crippen LogP contribution in [0.2, 0.25) is 0 Å². The third-order valence-electron chi connectivity index (χ3n) is 2.19. The van der Waals surface area contributed by atoms with E-state index in [0.717, 1.165) is 19.4 Å². The predicted molar refractivity (Wildman–Crippen MR) is 49.1 cm³/mol. The van der Waals surface area contributed by atoms with Crippen molar-refractivity contribution in [1.82, 2.24) is 0 Å². The van der Waals surface area contributed by atoms with Gasteiger partial charge in [-0.3, -0.25) is 9.79 Å². The molecule has 3 heteroatoms. The van der Waals surface area contributed by atoms with Crippen molar-refractivity contribution in [1.29, 1.82) is 0 Å². The van der Waals surface area contributed by atoms with Gasteiger partial charge in [0.25, 0.3) is 0 Å². The number of hydrogen-bond donors (Lipinski definition) is 1. The van der Waals surface area contributed by atoms with E-state index in [4.69, 9.17) is 5.73 Å². The second kappa shape index (κ2) is 4.91. The standard InChI is InChI=1S/C9H16N2O/c10-9(12)5-4-8-3-1-2-6-11-7-8/h7-8H,1-6H2,(H2,10,12). The summed E-state index contributed by atoms with van der Waals surface area (Å²) in [6.07, 6.45) is 6.94. The Morgan fingerprint density at radius 3 is 3.17 bits per heavy atom. The van der Waals surface area contributed by atoms with Crippen LogP contribution < -0.4 is 5.73 Å². The molecule has 1 atom stereocenters. The molecular formula is C9H16N2O. The van der Waals surface area contributed by atoms with Gasteiger partial charge in [-0.25, -0.2) is 0 Å². The lowest BCUT2D eigenvalue weighted by Crippen LogP contribution is -2.13. The Morgan fingerprint density at radius 2 is 2.42 bits per heavy atom. The van der Waals surface area contributed by atoms with Gasteiger partial charge in [-0.2, -0.15) is 0 Å². The number of rotatable bonds is 3. The zero-order valence-electron chi connectivity index (χ0n) is 7.33. The third-order valence-corrected chi connectivity index (χ3v) is 2.19. The first kappa shape index (κ1) is 9.23. The quantitative estimate of drug-likeness (QED) is 0.674. The van der Waals surface area contributed by atoms with Crippen LogP contribution in [0.3, 0.4) is 0 Å². The van der Waals surface area contributed by atoms with Gasteiger partial charge in [0.05, 0.1) is 0 Å². The minimum atomic E-state index is -0.201. The predicted octanol–water partition coefficient (Wildman–Crippen LogP) is 1.12. The molecule has 2 N–H and O–H groups in total.